The fourth-order valence-corrected chi connectivity index (χ4v) is 1.53. The normalized spacial score (nSPS) is 11.2. The molecule has 1 aromatic carbocycles. The van der Waals surface area contributed by atoms with E-state index >= 15 is 0 Å². The molecule has 5 heteroatoms. The fourth-order valence-electron chi connectivity index (χ4n) is 0.982. The third-order valence-corrected chi connectivity index (χ3v) is 2.21. The molecular formula is C9H13IN4. The number of aliphatic imine (C=N–C) groups is 1. The zero-order valence-electron chi connectivity index (χ0n) is 7.92. The quantitative estimate of drug-likeness (QED) is 0.255. The van der Waals surface area contributed by atoms with Gasteiger partial charge in [0.1, 0.15) is 0 Å². The molecule has 4 N–H and O–H groups in total. The van der Waals surface area contributed by atoms with Crippen LogP contribution in [0.4, 0.5) is 5.69 Å². The number of guanidine groups is 1. The highest BCUT2D eigenvalue weighted by Gasteiger charge is 1.96. The van der Waals surface area contributed by atoms with Gasteiger partial charge in [0.15, 0.2) is 0 Å². The maximum Gasteiger partial charge on any atom is 0.210 e. The van der Waals surface area contributed by atoms with Crippen molar-refractivity contribution in [3.63, 3.8) is 0 Å². The van der Waals surface area contributed by atoms with Gasteiger partial charge < -0.3 is 5.32 Å². The molecule has 0 aliphatic rings. The van der Waals surface area contributed by atoms with Gasteiger partial charge in [-0.2, -0.15) is 0 Å². The average Bonchev–Trinajstić information content (AvgIpc) is 2.17. The van der Waals surface area contributed by atoms with Gasteiger partial charge in [-0.1, -0.05) is 6.07 Å². The Hall–Kier alpha value is -0.820. The van der Waals surface area contributed by atoms with Crippen LogP contribution in [0, 0.1) is 3.57 Å². The lowest BCUT2D eigenvalue weighted by Gasteiger charge is -2.08. The van der Waals surface area contributed by atoms with Crippen LogP contribution in [0.3, 0.4) is 0 Å². The molecule has 0 bridgehead atoms. The highest BCUT2D eigenvalue weighted by atomic mass is 127. The monoisotopic (exact) mass is 304 g/mol. The smallest absolute Gasteiger partial charge is 0.210 e. The molecule has 1 rings (SSSR count). The van der Waals surface area contributed by atoms with E-state index in [1.54, 1.807) is 0 Å². The van der Waals surface area contributed by atoms with E-state index < -0.39 is 0 Å². The number of halogens is 1. The molecule has 1 aromatic rings. The highest BCUT2D eigenvalue weighted by Crippen LogP contribution is 2.11. The van der Waals surface area contributed by atoms with Gasteiger partial charge in [0.05, 0.1) is 0 Å². The van der Waals surface area contributed by atoms with Crippen molar-refractivity contribution in [1.29, 1.82) is 0 Å². The van der Waals surface area contributed by atoms with Crippen LogP contribution < -0.4 is 16.6 Å². The minimum atomic E-state index is 0.578. The van der Waals surface area contributed by atoms with Crippen LogP contribution in [0.1, 0.15) is 6.92 Å². The molecule has 0 radical (unpaired) electrons. The Morgan fingerprint density at radius 1 is 1.57 bits per heavy atom. The van der Waals surface area contributed by atoms with Crippen LogP contribution in [-0.4, -0.2) is 12.5 Å². The number of benzene rings is 1. The second kappa shape index (κ2) is 5.82. The number of nitrogens with two attached hydrogens (primary N) is 1. The maximum atomic E-state index is 5.30. The summed E-state index contributed by atoms with van der Waals surface area (Å²) in [5.74, 6) is 5.88. The Labute approximate surface area is 97.1 Å². The molecule has 76 valence electrons. The summed E-state index contributed by atoms with van der Waals surface area (Å²) in [6, 6.07) is 7.98. The van der Waals surface area contributed by atoms with Crippen LogP contribution >= 0.6 is 22.6 Å². The van der Waals surface area contributed by atoms with Crippen LogP contribution in [0.5, 0.6) is 0 Å². The SMILES string of the molecule is CCN=C(NN)Nc1cccc(I)c1. The first-order chi connectivity index (χ1) is 6.76. The van der Waals surface area contributed by atoms with Crippen LogP contribution in [0.15, 0.2) is 29.3 Å². The Balaban J connectivity index is 2.72. The molecule has 0 fully saturated rings. The molecule has 0 atom stereocenters. The van der Waals surface area contributed by atoms with Gasteiger partial charge in [0.2, 0.25) is 5.96 Å². The third-order valence-electron chi connectivity index (χ3n) is 1.54. The van der Waals surface area contributed by atoms with Crippen molar-refractivity contribution in [3.8, 4) is 0 Å². The number of rotatable bonds is 2. The van der Waals surface area contributed by atoms with Crippen molar-refractivity contribution in [3.05, 3.63) is 27.8 Å². The van der Waals surface area contributed by atoms with Gasteiger partial charge in [0.25, 0.3) is 0 Å². The molecule has 0 spiro atoms. The molecule has 0 aromatic heterocycles. The Morgan fingerprint density at radius 2 is 2.36 bits per heavy atom. The molecular weight excluding hydrogens is 291 g/mol. The van der Waals surface area contributed by atoms with Crippen LogP contribution in [0.2, 0.25) is 0 Å². The number of hydrogen-bond donors (Lipinski definition) is 3. The first-order valence-electron chi connectivity index (χ1n) is 4.30. The summed E-state index contributed by atoms with van der Waals surface area (Å²) < 4.78 is 1.17. The van der Waals surface area contributed by atoms with E-state index in [2.05, 4.69) is 38.3 Å². The Morgan fingerprint density at radius 3 is 2.93 bits per heavy atom. The molecule has 4 nitrogen and oxygen atoms in total. The largest absolute Gasteiger partial charge is 0.325 e. The lowest BCUT2D eigenvalue weighted by Crippen LogP contribution is -2.36. The lowest BCUT2D eigenvalue weighted by molar-refractivity contribution is 0.986. The summed E-state index contributed by atoms with van der Waals surface area (Å²) in [4.78, 5) is 4.13. The standard InChI is InChI=1S/C9H13IN4/c1-2-12-9(14-11)13-8-5-3-4-7(10)6-8/h3-6H,2,11H2,1H3,(H2,12,13,14). The number of hydrazine groups is 1. The summed E-state index contributed by atoms with van der Waals surface area (Å²) >= 11 is 2.25. The van der Waals surface area contributed by atoms with Crippen molar-refractivity contribution in [1.82, 2.24) is 5.43 Å². The molecule has 0 aliphatic carbocycles. The number of hydrogen-bond acceptors (Lipinski definition) is 2. The molecule has 0 saturated heterocycles. The van der Waals surface area contributed by atoms with Crippen LogP contribution in [-0.2, 0) is 0 Å². The van der Waals surface area contributed by atoms with E-state index in [9.17, 15) is 0 Å². The van der Waals surface area contributed by atoms with E-state index in [0.29, 0.717) is 12.5 Å². The molecule has 0 saturated carbocycles. The fraction of sp³-hybridized carbons (Fsp3) is 0.222. The topological polar surface area (TPSA) is 62.4 Å². The van der Waals surface area contributed by atoms with Crippen molar-refractivity contribution < 1.29 is 0 Å². The number of nitrogens with one attached hydrogen (secondary N) is 2. The third kappa shape index (κ3) is 3.51. The average molecular weight is 304 g/mol. The molecule has 0 aliphatic heterocycles. The van der Waals surface area contributed by atoms with Gasteiger partial charge in [-0.25, -0.2) is 5.84 Å². The summed E-state index contributed by atoms with van der Waals surface area (Å²) in [5, 5.41) is 3.08. The summed E-state index contributed by atoms with van der Waals surface area (Å²) in [6.45, 7) is 2.64. The van der Waals surface area contributed by atoms with Crippen molar-refractivity contribution in [2.75, 3.05) is 11.9 Å². The summed E-state index contributed by atoms with van der Waals surface area (Å²) in [6.07, 6.45) is 0. The number of nitrogens with zero attached hydrogens (tertiary/aromatic N) is 1. The predicted molar refractivity (Wildman–Crippen MR) is 68.1 cm³/mol. The van der Waals surface area contributed by atoms with E-state index in [0.717, 1.165) is 5.69 Å². The summed E-state index contributed by atoms with van der Waals surface area (Å²) in [5.41, 5.74) is 3.48. The van der Waals surface area contributed by atoms with E-state index in [4.69, 9.17) is 5.84 Å². The molecule has 0 amide bonds. The minimum Gasteiger partial charge on any atom is -0.325 e. The van der Waals surface area contributed by atoms with Crippen molar-refractivity contribution in [2.45, 2.75) is 6.92 Å². The van der Waals surface area contributed by atoms with E-state index in [1.165, 1.54) is 3.57 Å². The molecule has 0 heterocycles. The first-order valence-corrected chi connectivity index (χ1v) is 5.37. The van der Waals surface area contributed by atoms with E-state index in [-0.39, 0.29) is 0 Å². The molecule has 14 heavy (non-hydrogen) atoms. The van der Waals surface area contributed by atoms with Gasteiger partial charge in [0, 0.05) is 15.8 Å². The summed E-state index contributed by atoms with van der Waals surface area (Å²) in [7, 11) is 0. The van der Waals surface area contributed by atoms with Crippen molar-refractivity contribution in [2.24, 2.45) is 10.8 Å². The zero-order chi connectivity index (χ0) is 10.4. The highest BCUT2D eigenvalue weighted by molar-refractivity contribution is 14.1. The molecule has 0 unspecified atom stereocenters. The lowest BCUT2D eigenvalue weighted by atomic mass is 10.3. The predicted octanol–water partition coefficient (Wildman–Crippen LogP) is 1.54. The zero-order valence-corrected chi connectivity index (χ0v) is 10.1. The minimum absolute atomic E-state index is 0.578. The number of anilines is 1. The Kier molecular flexibility index (Phi) is 4.68. The van der Waals surface area contributed by atoms with Crippen molar-refractivity contribution >= 4 is 34.2 Å². The Bertz CT molecular complexity index is 324. The maximum absolute atomic E-state index is 5.30. The van der Waals surface area contributed by atoms with E-state index in [1.807, 2.05) is 31.2 Å². The van der Waals surface area contributed by atoms with Gasteiger partial charge in [-0.3, -0.25) is 10.4 Å². The van der Waals surface area contributed by atoms with Gasteiger partial charge in [-0.05, 0) is 47.7 Å². The first kappa shape index (κ1) is 11.3. The van der Waals surface area contributed by atoms with Gasteiger partial charge in [-0.15, -0.1) is 0 Å². The van der Waals surface area contributed by atoms with Gasteiger partial charge >= 0.3 is 0 Å². The second-order valence-electron chi connectivity index (χ2n) is 2.60. The van der Waals surface area contributed by atoms with Crippen LogP contribution in [0.25, 0.3) is 0 Å². The second-order valence-corrected chi connectivity index (χ2v) is 3.85.